The molecule has 0 amide bonds. The third-order valence-electron chi connectivity index (χ3n) is 2.22. The van der Waals surface area contributed by atoms with Crippen LogP contribution in [0.15, 0.2) is 11.1 Å². The molecule has 0 spiro atoms. The van der Waals surface area contributed by atoms with Gasteiger partial charge in [-0.15, -0.1) is 0 Å². The van der Waals surface area contributed by atoms with E-state index in [9.17, 15) is 8.42 Å². The van der Waals surface area contributed by atoms with Crippen molar-refractivity contribution in [3.63, 3.8) is 0 Å². The van der Waals surface area contributed by atoms with Gasteiger partial charge >= 0.3 is 0 Å². The van der Waals surface area contributed by atoms with Crippen LogP contribution in [0, 0.1) is 5.92 Å². The van der Waals surface area contributed by atoms with Crippen LogP contribution in [-0.4, -0.2) is 36.4 Å². The largest absolute Gasteiger partial charge is 0.395 e. The number of hydrogen-bond donors (Lipinski definition) is 4. The number of nitrogens with zero attached hydrogens (tertiary/aromatic N) is 1. The van der Waals surface area contributed by atoms with Crippen molar-refractivity contribution < 1.29 is 13.5 Å². The predicted molar refractivity (Wildman–Crippen MR) is 63.7 cm³/mol. The number of H-pyrrole nitrogens is 1. The summed E-state index contributed by atoms with van der Waals surface area (Å²) in [5.74, 6) is 0.260. The highest BCUT2D eigenvalue weighted by Gasteiger charge is 2.23. The lowest BCUT2D eigenvalue weighted by atomic mass is 10.1. The second kappa shape index (κ2) is 5.48. The molecule has 8 heteroatoms. The molecule has 1 atom stereocenters. The Kier molecular flexibility index (Phi) is 4.49. The number of anilines is 1. The number of aliphatic hydroxyl groups excluding tert-OH is 1. The van der Waals surface area contributed by atoms with Gasteiger partial charge in [0.25, 0.3) is 0 Å². The van der Waals surface area contributed by atoms with E-state index in [0.717, 1.165) is 6.20 Å². The van der Waals surface area contributed by atoms with Crippen molar-refractivity contribution in [3.05, 3.63) is 6.20 Å². The molecule has 0 aromatic carbocycles. The molecule has 1 aromatic heterocycles. The second-order valence-electron chi connectivity index (χ2n) is 4.28. The van der Waals surface area contributed by atoms with Gasteiger partial charge in [-0.05, 0) is 12.3 Å². The van der Waals surface area contributed by atoms with Crippen LogP contribution in [0.25, 0.3) is 0 Å². The van der Waals surface area contributed by atoms with E-state index in [2.05, 4.69) is 14.9 Å². The second-order valence-corrected chi connectivity index (χ2v) is 5.96. The van der Waals surface area contributed by atoms with Crippen molar-refractivity contribution in [1.29, 1.82) is 0 Å². The minimum absolute atomic E-state index is 0.0151. The Hall–Kier alpha value is -1.12. The van der Waals surface area contributed by atoms with E-state index in [1.807, 2.05) is 13.8 Å². The summed E-state index contributed by atoms with van der Waals surface area (Å²) >= 11 is 0. The van der Waals surface area contributed by atoms with Gasteiger partial charge in [0.2, 0.25) is 10.0 Å². The number of nitrogens with two attached hydrogens (primary N) is 1. The van der Waals surface area contributed by atoms with E-state index in [0.29, 0.717) is 6.42 Å². The molecule has 0 aliphatic carbocycles. The quantitative estimate of drug-likeness (QED) is 0.559. The molecule has 1 unspecified atom stereocenters. The van der Waals surface area contributed by atoms with Crippen LogP contribution in [-0.2, 0) is 10.0 Å². The van der Waals surface area contributed by atoms with E-state index in [1.54, 1.807) is 0 Å². The van der Waals surface area contributed by atoms with Crippen molar-refractivity contribution in [2.45, 2.75) is 31.2 Å². The van der Waals surface area contributed by atoms with Gasteiger partial charge in [-0.2, -0.15) is 5.10 Å². The summed E-state index contributed by atoms with van der Waals surface area (Å²) in [7, 11) is -3.73. The SMILES string of the molecule is CC(C)CC(CO)NS(=O)(=O)c1cn[nH]c1N. The van der Waals surface area contributed by atoms with Gasteiger partial charge < -0.3 is 10.8 Å². The van der Waals surface area contributed by atoms with Gasteiger partial charge in [0.15, 0.2) is 0 Å². The first-order valence-electron chi connectivity index (χ1n) is 5.29. The highest BCUT2D eigenvalue weighted by Crippen LogP contribution is 2.15. The molecule has 17 heavy (non-hydrogen) atoms. The summed E-state index contributed by atoms with van der Waals surface area (Å²) in [5.41, 5.74) is 5.45. The standard InChI is InChI=1S/C9H18N4O3S/c1-6(2)3-7(5-14)13-17(15,16)8-4-11-12-9(8)10/h4,6-7,13-14H,3,5H2,1-2H3,(H3,10,11,12). The molecule has 1 heterocycles. The number of nitrogen functional groups attached to an aromatic ring is 1. The molecule has 1 aromatic rings. The highest BCUT2D eigenvalue weighted by atomic mass is 32.2. The third kappa shape index (κ3) is 3.69. The molecule has 0 bridgehead atoms. The highest BCUT2D eigenvalue weighted by molar-refractivity contribution is 7.89. The molecule has 0 saturated carbocycles. The lowest BCUT2D eigenvalue weighted by Crippen LogP contribution is -2.38. The predicted octanol–water partition coefficient (Wildman–Crippen LogP) is -0.323. The average Bonchev–Trinajstić information content (AvgIpc) is 2.63. The third-order valence-corrected chi connectivity index (χ3v) is 3.77. The van der Waals surface area contributed by atoms with Crippen LogP contribution in [0.4, 0.5) is 5.82 Å². The molecule has 0 saturated heterocycles. The molecule has 0 aliphatic rings. The first-order valence-corrected chi connectivity index (χ1v) is 6.77. The summed E-state index contributed by atoms with van der Waals surface area (Å²) in [6.45, 7) is 3.64. The van der Waals surface area contributed by atoms with Crippen molar-refractivity contribution in [2.24, 2.45) is 5.92 Å². The zero-order valence-corrected chi connectivity index (χ0v) is 10.7. The van der Waals surface area contributed by atoms with Gasteiger partial charge in [-0.1, -0.05) is 13.8 Å². The topological polar surface area (TPSA) is 121 Å². The Bertz CT molecular complexity index is 455. The van der Waals surface area contributed by atoms with Gasteiger partial charge in [0, 0.05) is 6.04 Å². The molecule has 5 N–H and O–H groups in total. The van der Waals surface area contributed by atoms with Gasteiger partial charge in [-0.3, -0.25) is 5.10 Å². The summed E-state index contributed by atoms with van der Waals surface area (Å²) in [5, 5.41) is 15.0. The number of sulfonamides is 1. The minimum Gasteiger partial charge on any atom is -0.395 e. The van der Waals surface area contributed by atoms with Gasteiger partial charge in [0.1, 0.15) is 10.7 Å². The maximum Gasteiger partial charge on any atom is 0.246 e. The Morgan fingerprint density at radius 1 is 1.59 bits per heavy atom. The van der Waals surface area contributed by atoms with Crippen LogP contribution in [0.2, 0.25) is 0 Å². The fourth-order valence-corrected chi connectivity index (χ4v) is 2.77. The Morgan fingerprint density at radius 3 is 2.65 bits per heavy atom. The smallest absolute Gasteiger partial charge is 0.246 e. The molecule has 0 radical (unpaired) electrons. The summed E-state index contributed by atoms with van der Waals surface area (Å²) in [6, 6.07) is -0.519. The Labute approximate surface area is 100 Å². The fraction of sp³-hybridized carbons (Fsp3) is 0.667. The maximum absolute atomic E-state index is 11.9. The molecule has 98 valence electrons. The zero-order valence-electron chi connectivity index (χ0n) is 9.84. The van der Waals surface area contributed by atoms with Crippen molar-refractivity contribution >= 4 is 15.8 Å². The van der Waals surface area contributed by atoms with Crippen LogP contribution in [0.5, 0.6) is 0 Å². The van der Waals surface area contributed by atoms with Gasteiger partial charge in [-0.25, -0.2) is 13.1 Å². The molecule has 1 rings (SSSR count). The van der Waals surface area contributed by atoms with E-state index < -0.39 is 16.1 Å². The van der Waals surface area contributed by atoms with E-state index in [-0.39, 0.29) is 23.2 Å². The number of nitrogens with one attached hydrogen (secondary N) is 2. The average molecular weight is 262 g/mol. The number of aliphatic hydroxyl groups is 1. The fourth-order valence-electron chi connectivity index (χ4n) is 1.51. The van der Waals surface area contributed by atoms with Crippen molar-refractivity contribution in [2.75, 3.05) is 12.3 Å². The molecular formula is C9H18N4O3S. The minimum atomic E-state index is -3.73. The normalized spacial score (nSPS) is 14.1. The van der Waals surface area contributed by atoms with E-state index in [4.69, 9.17) is 10.8 Å². The van der Waals surface area contributed by atoms with Crippen LogP contribution in [0.3, 0.4) is 0 Å². The first kappa shape index (κ1) is 13.9. The Morgan fingerprint density at radius 2 is 2.24 bits per heavy atom. The number of hydrogen-bond acceptors (Lipinski definition) is 5. The van der Waals surface area contributed by atoms with Crippen LogP contribution in [0.1, 0.15) is 20.3 Å². The van der Waals surface area contributed by atoms with Crippen LogP contribution >= 0.6 is 0 Å². The lowest BCUT2D eigenvalue weighted by molar-refractivity contribution is 0.240. The molecule has 7 nitrogen and oxygen atoms in total. The Balaban J connectivity index is 2.82. The lowest BCUT2D eigenvalue weighted by Gasteiger charge is -2.17. The van der Waals surface area contributed by atoms with E-state index >= 15 is 0 Å². The van der Waals surface area contributed by atoms with Crippen LogP contribution < -0.4 is 10.5 Å². The zero-order chi connectivity index (χ0) is 13.1. The van der Waals surface area contributed by atoms with Gasteiger partial charge in [0.05, 0.1) is 12.8 Å². The number of rotatable bonds is 6. The first-order chi connectivity index (χ1) is 7.86. The summed E-state index contributed by atoms with van der Waals surface area (Å²) in [4.78, 5) is -0.0975. The molecule has 0 fully saturated rings. The summed E-state index contributed by atoms with van der Waals surface area (Å²) < 4.78 is 26.2. The van der Waals surface area contributed by atoms with E-state index in [1.165, 1.54) is 0 Å². The molecule has 0 aliphatic heterocycles. The monoisotopic (exact) mass is 262 g/mol. The maximum atomic E-state index is 11.9. The van der Waals surface area contributed by atoms with Crippen molar-refractivity contribution in [1.82, 2.24) is 14.9 Å². The number of aromatic amines is 1. The summed E-state index contributed by atoms with van der Waals surface area (Å²) in [6.07, 6.45) is 1.69. The van der Waals surface area contributed by atoms with Crippen molar-refractivity contribution in [3.8, 4) is 0 Å². The molecular weight excluding hydrogens is 244 g/mol. The number of aromatic nitrogens is 2.